The molecule has 1 atom stereocenters. The van der Waals surface area contributed by atoms with E-state index >= 15 is 0 Å². The number of aryl methyl sites for hydroxylation is 1. The van der Waals surface area contributed by atoms with Crippen molar-refractivity contribution in [2.45, 2.75) is 32.9 Å². The first-order chi connectivity index (χ1) is 13.7. The number of fused-ring (bicyclic) bond motifs is 1. The Balaban J connectivity index is 1.55. The third-order valence-corrected chi connectivity index (χ3v) is 5.99. The summed E-state index contributed by atoms with van der Waals surface area (Å²) in [5, 5.41) is 5.03. The topological polar surface area (TPSA) is 80.1 Å². The monoisotopic (exact) mass is 397 g/mol. The van der Waals surface area contributed by atoms with E-state index < -0.39 is 0 Å². The molecule has 0 unspecified atom stereocenters. The molecule has 7 nitrogen and oxygen atoms in total. The summed E-state index contributed by atoms with van der Waals surface area (Å²) >= 11 is 1.63. The highest BCUT2D eigenvalue weighted by Gasteiger charge is 2.28. The van der Waals surface area contributed by atoms with E-state index in [0.717, 1.165) is 24.3 Å². The fourth-order valence-corrected chi connectivity index (χ4v) is 4.32. The van der Waals surface area contributed by atoms with Crippen LogP contribution in [0.2, 0.25) is 0 Å². The molecule has 1 aliphatic rings. The molecule has 1 amide bonds. The Bertz CT molecular complexity index is 1030. The molecule has 8 heteroatoms. The van der Waals surface area contributed by atoms with Crippen LogP contribution in [0.15, 0.2) is 40.6 Å². The van der Waals surface area contributed by atoms with Crippen LogP contribution in [0.25, 0.3) is 11.2 Å². The standard InChI is InChI=1S/C20H23N5O2S/c1-2-25-17-16(8-3-9-21-17)23-18(20(25)27)24-10-4-6-14(13-24)19(26)22-12-15-7-5-11-28-15/h3,5,7-9,11,14H,2,4,6,10,12-13H2,1H3,(H,22,26)/t14-/m1/s1. The summed E-state index contributed by atoms with van der Waals surface area (Å²) in [6.45, 7) is 4.24. The fourth-order valence-electron chi connectivity index (χ4n) is 3.68. The fraction of sp³-hybridized carbons (Fsp3) is 0.400. The molecule has 4 rings (SSSR count). The van der Waals surface area contributed by atoms with E-state index in [1.165, 1.54) is 0 Å². The minimum absolute atomic E-state index is 0.0383. The lowest BCUT2D eigenvalue weighted by Crippen LogP contribution is -2.45. The third kappa shape index (κ3) is 3.64. The molecule has 0 spiro atoms. The second-order valence-electron chi connectivity index (χ2n) is 6.91. The lowest BCUT2D eigenvalue weighted by atomic mass is 9.97. The molecule has 0 aliphatic carbocycles. The van der Waals surface area contributed by atoms with Crippen LogP contribution < -0.4 is 15.8 Å². The number of hydrogen-bond acceptors (Lipinski definition) is 6. The van der Waals surface area contributed by atoms with Crippen LogP contribution in [0.3, 0.4) is 0 Å². The molecule has 3 aromatic rings. The summed E-state index contributed by atoms with van der Waals surface area (Å²) in [5.74, 6) is 0.309. The lowest BCUT2D eigenvalue weighted by molar-refractivity contribution is -0.125. The van der Waals surface area contributed by atoms with Crippen LogP contribution in [0.1, 0.15) is 24.6 Å². The maximum absolute atomic E-state index is 13.0. The van der Waals surface area contributed by atoms with Crippen molar-refractivity contribution in [1.82, 2.24) is 19.9 Å². The number of nitrogens with one attached hydrogen (secondary N) is 1. The van der Waals surface area contributed by atoms with Crippen LogP contribution in [-0.4, -0.2) is 33.5 Å². The number of thiophene rings is 1. The number of anilines is 1. The van der Waals surface area contributed by atoms with Gasteiger partial charge in [-0.15, -0.1) is 11.3 Å². The quantitative estimate of drug-likeness (QED) is 0.715. The summed E-state index contributed by atoms with van der Waals surface area (Å²) in [5.41, 5.74) is 1.15. The van der Waals surface area contributed by atoms with Crippen molar-refractivity contribution in [2.24, 2.45) is 5.92 Å². The van der Waals surface area contributed by atoms with Gasteiger partial charge in [-0.2, -0.15) is 0 Å². The van der Waals surface area contributed by atoms with E-state index in [0.29, 0.717) is 36.6 Å². The van der Waals surface area contributed by atoms with Crippen molar-refractivity contribution in [3.05, 3.63) is 51.1 Å². The Morgan fingerprint density at radius 2 is 2.25 bits per heavy atom. The summed E-state index contributed by atoms with van der Waals surface area (Å²) in [6.07, 6.45) is 3.35. The molecule has 0 radical (unpaired) electrons. The zero-order valence-corrected chi connectivity index (χ0v) is 16.6. The van der Waals surface area contributed by atoms with Crippen molar-refractivity contribution in [3.8, 4) is 0 Å². The van der Waals surface area contributed by atoms with Gasteiger partial charge in [-0.05, 0) is 43.3 Å². The number of carbonyl (C=O) groups excluding carboxylic acids is 1. The highest BCUT2D eigenvalue weighted by molar-refractivity contribution is 7.09. The van der Waals surface area contributed by atoms with Crippen LogP contribution in [0, 0.1) is 5.92 Å². The Labute approximate surface area is 167 Å². The molecular formula is C20H23N5O2S. The van der Waals surface area contributed by atoms with Crippen molar-refractivity contribution in [1.29, 1.82) is 0 Å². The highest BCUT2D eigenvalue weighted by atomic mass is 32.1. The largest absolute Gasteiger partial charge is 0.351 e. The molecule has 28 heavy (non-hydrogen) atoms. The summed E-state index contributed by atoms with van der Waals surface area (Å²) in [7, 11) is 0. The van der Waals surface area contributed by atoms with E-state index in [2.05, 4.69) is 15.3 Å². The number of aromatic nitrogens is 3. The zero-order chi connectivity index (χ0) is 19.5. The van der Waals surface area contributed by atoms with Crippen LogP contribution in [-0.2, 0) is 17.9 Å². The van der Waals surface area contributed by atoms with Crippen LogP contribution >= 0.6 is 11.3 Å². The molecule has 0 bridgehead atoms. The van der Waals surface area contributed by atoms with E-state index in [9.17, 15) is 9.59 Å². The first kappa shape index (κ1) is 18.6. The second kappa shape index (κ2) is 8.10. The number of carbonyl (C=O) groups is 1. The molecule has 1 fully saturated rings. The second-order valence-corrected chi connectivity index (χ2v) is 7.95. The predicted molar refractivity (Wildman–Crippen MR) is 111 cm³/mol. The van der Waals surface area contributed by atoms with Gasteiger partial charge in [0, 0.05) is 30.7 Å². The summed E-state index contributed by atoms with van der Waals surface area (Å²) < 4.78 is 1.65. The van der Waals surface area contributed by atoms with Gasteiger partial charge < -0.3 is 10.2 Å². The van der Waals surface area contributed by atoms with Crippen molar-refractivity contribution < 1.29 is 4.79 Å². The Hall–Kier alpha value is -2.74. The van der Waals surface area contributed by atoms with Gasteiger partial charge in [0.05, 0.1) is 12.5 Å². The smallest absolute Gasteiger partial charge is 0.295 e. The van der Waals surface area contributed by atoms with Gasteiger partial charge in [0.1, 0.15) is 5.52 Å². The van der Waals surface area contributed by atoms with Gasteiger partial charge in [0.2, 0.25) is 5.91 Å². The molecule has 1 N–H and O–H groups in total. The number of rotatable bonds is 5. The predicted octanol–water partition coefficient (Wildman–Crippen LogP) is 2.41. The minimum atomic E-state index is -0.145. The number of piperidine rings is 1. The van der Waals surface area contributed by atoms with Crippen LogP contribution in [0.5, 0.6) is 0 Å². The van der Waals surface area contributed by atoms with E-state index in [4.69, 9.17) is 0 Å². The lowest BCUT2D eigenvalue weighted by Gasteiger charge is -2.32. The van der Waals surface area contributed by atoms with Gasteiger partial charge in [0.25, 0.3) is 5.56 Å². The normalized spacial score (nSPS) is 17.0. The highest BCUT2D eigenvalue weighted by Crippen LogP contribution is 2.21. The number of hydrogen-bond donors (Lipinski definition) is 1. The summed E-state index contributed by atoms with van der Waals surface area (Å²) in [4.78, 5) is 37.6. The minimum Gasteiger partial charge on any atom is -0.351 e. The Morgan fingerprint density at radius 3 is 3.04 bits per heavy atom. The average Bonchev–Trinajstić information content (AvgIpc) is 3.25. The average molecular weight is 398 g/mol. The molecule has 1 saturated heterocycles. The molecule has 0 saturated carbocycles. The molecule has 4 heterocycles. The Kier molecular flexibility index (Phi) is 5.38. The molecule has 0 aromatic carbocycles. The van der Waals surface area contributed by atoms with Crippen molar-refractivity contribution in [3.63, 3.8) is 0 Å². The molecule has 146 valence electrons. The number of pyridine rings is 1. The van der Waals surface area contributed by atoms with E-state index in [1.54, 1.807) is 22.1 Å². The third-order valence-electron chi connectivity index (χ3n) is 5.11. The van der Waals surface area contributed by atoms with Gasteiger partial charge in [0.15, 0.2) is 11.5 Å². The molecule has 3 aromatic heterocycles. The van der Waals surface area contributed by atoms with Crippen molar-refractivity contribution >= 4 is 34.2 Å². The van der Waals surface area contributed by atoms with Gasteiger partial charge in [-0.1, -0.05) is 6.07 Å². The zero-order valence-electron chi connectivity index (χ0n) is 15.8. The van der Waals surface area contributed by atoms with Gasteiger partial charge >= 0.3 is 0 Å². The van der Waals surface area contributed by atoms with Gasteiger partial charge in [-0.25, -0.2) is 9.97 Å². The van der Waals surface area contributed by atoms with E-state index in [1.807, 2.05) is 41.5 Å². The van der Waals surface area contributed by atoms with Crippen molar-refractivity contribution in [2.75, 3.05) is 18.0 Å². The first-order valence-corrected chi connectivity index (χ1v) is 10.5. The number of amides is 1. The van der Waals surface area contributed by atoms with Crippen LogP contribution in [0.4, 0.5) is 5.82 Å². The maximum Gasteiger partial charge on any atom is 0.295 e. The van der Waals surface area contributed by atoms with E-state index in [-0.39, 0.29) is 17.4 Å². The maximum atomic E-state index is 13.0. The number of nitrogens with zero attached hydrogens (tertiary/aromatic N) is 4. The molecule has 1 aliphatic heterocycles. The van der Waals surface area contributed by atoms with Gasteiger partial charge in [-0.3, -0.25) is 14.2 Å². The SMILES string of the molecule is CCn1c(=O)c(N2CCC[C@@H](C(=O)NCc3cccs3)C2)nc2cccnc21. The Morgan fingerprint density at radius 1 is 1.36 bits per heavy atom. The summed E-state index contributed by atoms with van der Waals surface area (Å²) in [6, 6.07) is 7.68. The molecular weight excluding hydrogens is 374 g/mol. The first-order valence-electron chi connectivity index (χ1n) is 9.58.